The van der Waals surface area contributed by atoms with E-state index in [2.05, 4.69) is 15.8 Å². The molecule has 0 unspecified atom stereocenters. The minimum absolute atomic E-state index is 0.552. The molecule has 0 aliphatic carbocycles. The van der Waals surface area contributed by atoms with Gasteiger partial charge >= 0.3 is 11.8 Å². The standard InChI is InChI=1S/C18H19N3O3/c1-12-4-8-15(9-5-12)19-17(22)18(23)21-20-13(2)14-6-10-16(24-3)11-7-14/h4-11H,1-3H3,(H,19,22)(H,21,23)/b20-13-. The van der Waals surface area contributed by atoms with Crippen LogP contribution in [0, 0.1) is 6.92 Å². The van der Waals surface area contributed by atoms with E-state index in [0.717, 1.165) is 16.9 Å². The van der Waals surface area contributed by atoms with Gasteiger partial charge in [-0.1, -0.05) is 17.7 Å². The van der Waals surface area contributed by atoms with Crippen molar-refractivity contribution in [2.75, 3.05) is 12.4 Å². The van der Waals surface area contributed by atoms with Crippen molar-refractivity contribution >= 4 is 23.2 Å². The van der Waals surface area contributed by atoms with Crippen molar-refractivity contribution in [3.63, 3.8) is 0 Å². The van der Waals surface area contributed by atoms with Gasteiger partial charge in [-0.05, 0) is 55.8 Å². The lowest BCUT2D eigenvalue weighted by molar-refractivity contribution is -0.136. The number of ether oxygens (including phenoxy) is 1. The summed E-state index contributed by atoms with van der Waals surface area (Å²) in [6.07, 6.45) is 0. The average Bonchev–Trinajstić information content (AvgIpc) is 2.61. The molecule has 0 radical (unpaired) electrons. The number of aryl methyl sites for hydroxylation is 1. The van der Waals surface area contributed by atoms with Gasteiger partial charge in [0.25, 0.3) is 0 Å². The molecule has 2 aromatic rings. The van der Waals surface area contributed by atoms with Gasteiger partial charge in [-0.25, -0.2) is 5.43 Å². The van der Waals surface area contributed by atoms with Crippen LogP contribution in [0.3, 0.4) is 0 Å². The molecule has 24 heavy (non-hydrogen) atoms. The first-order chi connectivity index (χ1) is 11.5. The number of benzene rings is 2. The summed E-state index contributed by atoms with van der Waals surface area (Å²) in [5, 5.41) is 6.45. The molecule has 0 saturated heterocycles. The lowest BCUT2D eigenvalue weighted by Gasteiger charge is -2.06. The van der Waals surface area contributed by atoms with Gasteiger partial charge in [0.15, 0.2) is 0 Å². The Balaban J connectivity index is 1.94. The fourth-order valence-corrected chi connectivity index (χ4v) is 1.91. The molecule has 2 rings (SSSR count). The van der Waals surface area contributed by atoms with Crippen LogP contribution in [-0.4, -0.2) is 24.6 Å². The first kappa shape index (κ1) is 17.2. The highest BCUT2D eigenvalue weighted by atomic mass is 16.5. The summed E-state index contributed by atoms with van der Waals surface area (Å²) in [6.45, 7) is 3.68. The maximum absolute atomic E-state index is 11.8. The van der Waals surface area contributed by atoms with Crippen LogP contribution in [0.25, 0.3) is 0 Å². The van der Waals surface area contributed by atoms with Gasteiger partial charge in [0.2, 0.25) is 0 Å². The lowest BCUT2D eigenvalue weighted by Crippen LogP contribution is -2.32. The van der Waals surface area contributed by atoms with E-state index in [1.807, 2.05) is 31.2 Å². The highest BCUT2D eigenvalue weighted by Crippen LogP contribution is 2.12. The smallest absolute Gasteiger partial charge is 0.329 e. The second-order valence-electron chi connectivity index (χ2n) is 5.19. The summed E-state index contributed by atoms with van der Waals surface area (Å²) in [7, 11) is 1.59. The van der Waals surface area contributed by atoms with E-state index in [1.54, 1.807) is 38.3 Å². The Hall–Kier alpha value is -3.15. The minimum atomic E-state index is -0.830. The third-order valence-corrected chi connectivity index (χ3v) is 3.35. The van der Waals surface area contributed by atoms with E-state index >= 15 is 0 Å². The summed E-state index contributed by atoms with van der Waals surface area (Å²) in [6, 6.07) is 14.4. The molecule has 0 bridgehead atoms. The Morgan fingerprint density at radius 2 is 1.58 bits per heavy atom. The topological polar surface area (TPSA) is 79.8 Å². The van der Waals surface area contributed by atoms with Crippen LogP contribution in [0.15, 0.2) is 53.6 Å². The van der Waals surface area contributed by atoms with Crippen molar-refractivity contribution in [1.29, 1.82) is 0 Å². The zero-order chi connectivity index (χ0) is 17.5. The number of carbonyl (C=O) groups excluding carboxylic acids is 2. The van der Waals surface area contributed by atoms with E-state index in [-0.39, 0.29) is 0 Å². The van der Waals surface area contributed by atoms with Gasteiger partial charge in [0.05, 0.1) is 12.8 Å². The minimum Gasteiger partial charge on any atom is -0.497 e. The van der Waals surface area contributed by atoms with Crippen molar-refractivity contribution in [1.82, 2.24) is 5.43 Å². The molecule has 0 aliphatic heterocycles. The van der Waals surface area contributed by atoms with E-state index < -0.39 is 11.8 Å². The second-order valence-corrected chi connectivity index (χ2v) is 5.19. The molecule has 6 heteroatoms. The molecule has 124 valence electrons. The molecule has 0 saturated carbocycles. The molecular formula is C18H19N3O3. The van der Waals surface area contributed by atoms with Crippen molar-refractivity contribution < 1.29 is 14.3 Å². The molecule has 6 nitrogen and oxygen atoms in total. The van der Waals surface area contributed by atoms with Gasteiger partial charge in [-0.3, -0.25) is 9.59 Å². The van der Waals surface area contributed by atoms with Crippen molar-refractivity contribution in [3.05, 3.63) is 59.7 Å². The Labute approximate surface area is 140 Å². The first-order valence-electron chi connectivity index (χ1n) is 7.36. The molecule has 0 atom stereocenters. The fraction of sp³-hybridized carbons (Fsp3) is 0.167. The summed E-state index contributed by atoms with van der Waals surface area (Å²) >= 11 is 0. The predicted molar refractivity (Wildman–Crippen MR) is 93.2 cm³/mol. The molecule has 0 fully saturated rings. The summed E-state index contributed by atoms with van der Waals surface area (Å²) in [5.41, 5.74) is 5.26. The van der Waals surface area contributed by atoms with Crippen LogP contribution in [0.1, 0.15) is 18.1 Å². The number of hydrogen-bond donors (Lipinski definition) is 2. The maximum atomic E-state index is 11.8. The van der Waals surface area contributed by atoms with Crippen molar-refractivity contribution in [2.45, 2.75) is 13.8 Å². The SMILES string of the molecule is COc1ccc(/C(C)=N\NC(=O)C(=O)Nc2ccc(C)cc2)cc1. The third kappa shape index (κ3) is 4.67. The highest BCUT2D eigenvalue weighted by Gasteiger charge is 2.13. The zero-order valence-electron chi connectivity index (χ0n) is 13.8. The van der Waals surface area contributed by atoms with Crippen LogP contribution in [0.2, 0.25) is 0 Å². The van der Waals surface area contributed by atoms with Crippen LogP contribution in [0.5, 0.6) is 5.75 Å². The predicted octanol–water partition coefficient (Wildman–Crippen LogP) is 2.48. The first-order valence-corrected chi connectivity index (χ1v) is 7.36. The molecule has 0 aliphatic rings. The summed E-state index contributed by atoms with van der Waals surface area (Å²) in [5.74, 6) is -0.873. The Kier molecular flexibility index (Phi) is 5.68. The molecule has 2 aromatic carbocycles. The third-order valence-electron chi connectivity index (χ3n) is 3.35. The molecule has 0 aromatic heterocycles. The van der Waals surface area contributed by atoms with E-state index in [1.165, 1.54) is 0 Å². The Morgan fingerprint density at radius 3 is 2.17 bits per heavy atom. The largest absolute Gasteiger partial charge is 0.497 e. The van der Waals surface area contributed by atoms with E-state index in [4.69, 9.17) is 4.74 Å². The van der Waals surface area contributed by atoms with Gasteiger partial charge in [0.1, 0.15) is 5.75 Å². The second kappa shape index (κ2) is 7.92. The zero-order valence-corrected chi connectivity index (χ0v) is 13.8. The van der Waals surface area contributed by atoms with Crippen LogP contribution >= 0.6 is 0 Å². The number of methoxy groups -OCH3 is 1. The van der Waals surface area contributed by atoms with Crippen LogP contribution < -0.4 is 15.5 Å². The average molecular weight is 325 g/mol. The fourth-order valence-electron chi connectivity index (χ4n) is 1.91. The molecule has 0 heterocycles. The number of nitrogens with one attached hydrogen (secondary N) is 2. The van der Waals surface area contributed by atoms with Gasteiger partial charge < -0.3 is 10.1 Å². The number of rotatable bonds is 4. The van der Waals surface area contributed by atoms with E-state index in [9.17, 15) is 9.59 Å². The number of hydrazone groups is 1. The Morgan fingerprint density at radius 1 is 0.958 bits per heavy atom. The molecule has 2 N–H and O–H groups in total. The maximum Gasteiger partial charge on any atom is 0.329 e. The highest BCUT2D eigenvalue weighted by molar-refractivity contribution is 6.39. The van der Waals surface area contributed by atoms with Crippen LogP contribution in [-0.2, 0) is 9.59 Å². The number of carbonyl (C=O) groups is 2. The van der Waals surface area contributed by atoms with Gasteiger partial charge in [-0.15, -0.1) is 0 Å². The van der Waals surface area contributed by atoms with E-state index in [0.29, 0.717) is 11.4 Å². The number of hydrogen-bond acceptors (Lipinski definition) is 4. The monoisotopic (exact) mass is 325 g/mol. The normalized spacial score (nSPS) is 10.9. The number of nitrogens with zero attached hydrogens (tertiary/aromatic N) is 1. The quantitative estimate of drug-likeness (QED) is 0.515. The number of amides is 2. The summed E-state index contributed by atoms with van der Waals surface area (Å²) in [4.78, 5) is 23.6. The number of anilines is 1. The Bertz CT molecular complexity index is 750. The van der Waals surface area contributed by atoms with Crippen molar-refractivity contribution in [2.24, 2.45) is 5.10 Å². The summed E-state index contributed by atoms with van der Waals surface area (Å²) < 4.78 is 5.08. The van der Waals surface area contributed by atoms with Crippen LogP contribution in [0.4, 0.5) is 5.69 Å². The van der Waals surface area contributed by atoms with Gasteiger partial charge in [0, 0.05) is 5.69 Å². The van der Waals surface area contributed by atoms with Crippen molar-refractivity contribution in [3.8, 4) is 5.75 Å². The van der Waals surface area contributed by atoms with Gasteiger partial charge in [-0.2, -0.15) is 5.10 Å². The molecular weight excluding hydrogens is 306 g/mol. The lowest BCUT2D eigenvalue weighted by atomic mass is 10.1. The molecule has 2 amide bonds. The molecule has 0 spiro atoms.